The topological polar surface area (TPSA) is 66.4 Å². The fraction of sp³-hybridized carbons (Fsp3) is 0.385. The third-order valence-electron chi connectivity index (χ3n) is 3.28. The van der Waals surface area contributed by atoms with Gasteiger partial charge in [0, 0.05) is 5.92 Å². The molecule has 0 saturated heterocycles. The highest BCUT2D eigenvalue weighted by Crippen LogP contribution is 2.32. The van der Waals surface area contributed by atoms with Crippen molar-refractivity contribution in [3.05, 3.63) is 30.1 Å². The quantitative estimate of drug-likeness (QED) is 0.866. The second-order valence-corrected chi connectivity index (χ2v) is 4.51. The van der Waals surface area contributed by atoms with Gasteiger partial charge in [-0.05, 0) is 31.4 Å². The van der Waals surface area contributed by atoms with E-state index < -0.39 is 17.7 Å². The fourth-order valence-electron chi connectivity index (χ4n) is 2.24. The molecule has 1 amide bonds. The first-order chi connectivity index (χ1) is 8.58. The molecule has 2 rings (SSSR count). The van der Waals surface area contributed by atoms with Gasteiger partial charge < -0.3 is 10.4 Å². The molecule has 0 heterocycles. The first-order valence-electron chi connectivity index (χ1n) is 5.86. The van der Waals surface area contributed by atoms with E-state index in [0.29, 0.717) is 19.3 Å². The summed E-state index contributed by atoms with van der Waals surface area (Å²) in [6.07, 6.45) is 1.37. The fourth-order valence-corrected chi connectivity index (χ4v) is 2.24. The smallest absolute Gasteiger partial charge is 0.306 e. The van der Waals surface area contributed by atoms with Crippen molar-refractivity contribution in [3.8, 4) is 0 Å². The summed E-state index contributed by atoms with van der Waals surface area (Å²) in [5, 5.41) is 11.4. The molecule has 0 aromatic heterocycles. The van der Waals surface area contributed by atoms with Gasteiger partial charge in [-0.2, -0.15) is 0 Å². The summed E-state index contributed by atoms with van der Waals surface area (Å²) >= 11 is 0. The maximum Gasteiger partial charge on any atom is 0.306 e. The second-order valence-electron chi connectivity index (χ2n) is 4.51. The van der Waals surface area contributed by atoms with Crippen molar-refractivity contribution in [2.24, 2.45) is 11.8 Å². The van der Waals surface area contributed by atoms with Gasteiger partial charge >= 0.3 is 5.97 Å². The number of carboxylic acid groups (broad SMARTS) is 1. The van der Waals surface area contributed by atoms with E-state index in [2.05, 4.69) is 5.32 Å². The van der Waals surface area contributed by atoms with Gasteiger partial charge in [0.2, 0.25) is 5.91 Å². The third-order valence-corrected chi connectivity index (χ3v) is 3.28. The zero-order chi connectivity index (χ0) is 13.1. The molecule has 1 fully saturated rings. The van der Waals surface area contributed by atoms with Gasteiger partial charge in [0.25, 0.3) is 0 Å². The summed E-state index contributed by atoms with van der Waals surface area (Å²) in [7, 11) is 0. The number of carbonyl (C=O) groups is 2. The lowest BCUT2D eigenvalue weighted by atomic mass is 10.0. The number of carboxylic acids is 1. The summed E-state index contributed by atoms with van der Waals surface area (Å²) in [4.78, 5) is 22.7. The minimum Gasteiger partial charge on any atom is -0.481 e. The maximum absolute atomic E-state index is 13.3. The number of hydrogen-bond donors (Lipinski definition) is 2. The molecule has 4 nitrogen and oxygen atoms in total. The summed E-state index contributed by atoms with van der Waals surface area (Å²) in [6, 6.07) is 5.93. The first-order valence-corrected chi connectivity index (χ1v) is 5.86. The molecule has 5 heteroatoms. The van der Waals surface area contributed by atoms with Crippen LogP contribution in [0.15, 0.2) is 24.3 Å². The number of rotatable bonds is 3. The standard InChI is InChI=1S/C13H14FNO3/c14-10-3-1-2-4-11(10)15-12(16)8-5-6-9(7-8)13(17)18/h1-4,8-9H,5-7H2,(H,15,16)(H,17,18). The van der Waals surface area contributed by atoms with E-state index >= 15 is 0 Å². The first kappa shape index (κ1) is 12.5. The molecule has 0 radical (unpaired) electrons. The van der Waals surface area contributed by atoms with Crippen LogP contribution < -0.4 is 5.32 Å². The SMILES string of the molecule is O=C(O)C1CCC(C(=O)Nc2ccccc2F)C1. The number of amides is 1. The van der Waals surface area contributed by atoms with Gasteiger partial charge in [-0.25, -0.2) is 4.39 Å². The lowest BCUT2D eigenvalue weighted by molar-refractivity contribution is -0.141. The van der Waals surface area contributed by atoms with Crippen molar-refractivity contribution in [3.63, 3.8) is 0 Å². The van der Waals surface area contributed by atoms with E-state index in [0.717, 1.165) is 0 Å². The van der Waals surface area contributed by atoms with Gasteiger partial charge in [-0.1, -0.05) is 12.1 Å². The van der Waals surface area contributed by atoms with Gasteiger partial charge in [-0.15, -0.1) is 0 Å². The van der Waals surface area contributed by atoms with Crippen LogP contribution in [0.4, 0.5) is 10.1 Å². The average molecular weight is 251 g/mol. The molecule has 1 aromatic rings. The lowest BCUT2D eigenvalue weighted by Crippen LogP contribution is -2.22. The number of halogens is 1. The normalized spacial score (nSPS) is 22.7. The van der Waals surface area contributed by atoms with Crippen molar-refractivity contribution in [1.29, 1.82) is 0 Å². The monoisotopic (exact) mass is 251 g/mol. The second kappa shape index (κ2) is 5.16. The van der Waals surface area contributed by atoms with Crippen LogP contribution in [0.1, 0.15) is 19.3 Å². The number of benzene rings is 1. The molecule has 1 saturated carbocycles. The van der Waals surface area contributed by atoms with Crippen LogP contribution in [0.3, 0.4) is 0 Å². The molecule has 2 unspecified atom stereocenters. The summed E-state index contributed by atoms with van der Waals surface area (Å²) < 4.78 is 13.3. The summed E-state index contributed by atoms with van der Waals surface area (Å²) in [6.45, 7) is 0. The molecule has 0 bridgehead atoms. The predicted octanol–water partition coefficient (Wildman–Crippen LogP) is 2.27. The van der Waals surface area contributed by atoms with Crippen LogP contribution >= 0.6 is 0 Å². The highest BCUT2D eigenvalue weighted by Gasteiger charge is 2.33. The molecule has 1 aliphatic carbocycles. The molecule has 18 heavy (non-hydrogen) atoms. The minimum absolute atomic E-state index is 0.140. The third kappa shape index (κ3) is 2.67. The van der Waals surface area contributed by atoms with Gasteiger partial charge in [0.05, 0.1) is 11.6 Å². The molecule has 2 N–H and O–H groups in total. The van der Waals surface area contributed by atoms with E-state index in [-0.39, 0.29) is 17.5 Å². The Morgan fingerprint density at radius 2 is 1.89 bits per heavy atom. The number of hydrogen-bond acceptors (Lipinski definition) is 2. The number of para-hydroxylation sites is 1. The Hall–Kier alpha value is -1.91. The van der Waals surface area contributed by atoms with Crippen LogP contribution in [0, 0.1) is 17.7 Å². The zero-order valence-electron chi connectivity index (χ0n) is 9.73. The Labute approximate surface area is 104 Å². The van der Waals surface area contributed by atoms with Crippen LogP contribution in [-0.4, -0.2) is 17.0 Å². The van der Waals surface area contributed by atoms with E-state index in [1.54, 1.807) is 12.1 Å². The molecule has 2 atom stereocenters. The Morgan fingerprint density at radius 3 is 2.50 bits per heavy atom. The predicted molar refractivity (Wildman–Crippen MR) is 63.5 cm³/mol. The highest BCUT2D eigenvalue weighted by atomic mass is 19.1. The van der Waals surface area contributed by atoms with Crippen LogP contribution in [0.5, 0.6) is 0 Å². The highest BCUT2D eigenvalue weighted by molar-refractivity contribution is 5.93. The molecular formula is C13H14FNO3. The number of anilines is 1. The molecule has 1 aromatic carbocycles. The minimum atomic E-state index is -0.865. The Morgan fingerprint density at radius 1 is 1.22 bits per heavy atom. The molecular weight excluding hydrogens is 237 g/mol. The van der Waals surface area contributed by atoms with Crippen LogP contribution in [0.2, 0.25) is 0 Å². The number of nitrogens with one attached hydrogen (secondary N) is 1. The van der Waals surface area contributed by atoms with Crippen molar-refractivity contribution in [2.75, 3.05) is 5.32 Å². The Bertz CT molecular complexity index is 475. The maximum atomic E-state index is 13.3. The Kier molecular flexibility index (Phi) is 3.60. The van der Waals surface area contributed by atoms with E-state index in [4.69, 9.17) is 5.11 Å². The molecule has 0 aliphatic heterocycles. The number of aliphatic carboxylic acids is 1. The van der Waals surface area contributed by atoms with E-state index in [1.165, 1.54) is 12.1 Å². The lowest BCUT2D eigenvalue weighted by Gasteiger charge is -2.11. The van der Waals surface area contributed by atoms with E-state index in [9.17, 15) is 14.0 Å². The average Bonchev–Trinajstić information content (AvgIpc) is 2.81. The van der Waals surface area contributed by atoms with Crippen molar-refractivity contribution in [1.82, 2.24) is 0 Å². The van der Waals surface area contributed by atoms with Crippen LogP contribution in [-0.2, 0) is 9.59 Å². The molecule has 0 spiro atoms. The Balaban J connectivity index is 1.98. The molecule has 1 aliphatic rings. The largest absolute Gasteiger partial charge is 0.481 e. The zero-order valence-corrected chi connectivity index (χ0v) is 9.73. The van der Waals surface area contributed by atoms with Crippen LogP contribution in [0.25, 0.3) is 0 Å². The van der Waals surface area contributed by atoms with E-state index in [1.807, 2.05) is 0 Å². The van der Waals surface area contributed by atoms with Crippen molar-refractivity contribution < 1.29 is 19.1 Å². The summed E-state index contributed by atoms with van der Waals surface area (Å²) in [5.41, 5.74) is 0.140. The number of carbonyl (C=O) groups excluding carboxylic acids is 1. The van der Waals surface area contributed by atoms with Gasteiger partial charge in [0.1, 0.15) is 5.82 Å². The van der Waals surface area contributed by atoms with Crippen molar-refractivity contribution >= 4 is 17.6 Å². The van der Waals surface area contributed by atoms with Gasteiger partial charge in [-0.3, -0.25) is 9.59 Å². The van der Waals surface area contributed by atoms with Gasteiger partial charge in [0.15, 0.2) is 0 Å². The summed E-state index contributed by atoms with van der Waals surface area (Å²) in [5.74, 6) is -2.45. The van der Waals surface area contributed by atoms with Crippen molar-refractivity contribution in [2.45, 2.75) is 19.3 Å². The molecule has 96 valence electrons.